The number of nitrogens with one attached hydrogen (secondary N) is 2. The maximum absolute atomic E-state index is 3.49. The van der Waals surface area contributed by atoms with Crippen molar-refractivity contribution < 1.29 is 0 Å². The Hall–Kier alpha value is -0.0800. The molecular formula is C10H24N2. The topological polar surface area (TPSA) is 24.1 Å². The molecule has 0 saturated carbocycles. The molecule has 0 amide bonds. The molecule has 1 unspecified atom stereocenters. The molecule has 2 heteroatoms. The highest BCUT2D eigenvalue weighted by Crippen LogP contribution is 1.91. The van der Waals surface area contributed by atoms with Gasteiger partial charge in [-0.2, -0.15) is 0 Å². The molecule has 0 radical (unpaired) electrons. The highest BCUT2D eigenvalue weighted by molar-refractivity contribution is 4.64. The first kappa shape index (κ1) is 11.9. The van der Waals surface area contributed by atoms with E-state index in [2.05, 4.69) is 38.3 Å². The van der Waals surface area contributed by atoms with Gasteiger partial charge in [-0.05, 0) is 33.2 Å². The predicted molar refractivity (Wildman–Crippen MR) is 55.3 cm³/mol. The van der Waals surface area contributed by atoms with E-state index in [1.54, 1.807) is 0 Å². The maximum Gasteiger partial charge on any atom is 0.0570 e. The minimum atomic E-state index is 0.497. The van der Waals surface area contributed by atoms with Gasteiger partial charge in [0.15, 0.2) is 0 Å². The van der Waals surface area contributed by atoms with Gasteiger partial charge in [0.2, 0.25) is 0 Å². The van der Waals surface area contributed by atoms with E-state index in [1.807, 2.05) is 0 Å². The van der Waals surface area contributed by atoms with Gasteiger partial charge >= 0.3 is 0 Å². The van der Waals surface area contributed by atoms with Gasteiger partial charge in [0.05, 0.1) is 6.17 Å². The van der Waals surface area contributed by atoms with E-state index in [4.69, 9.17) is 0 Å². The van der Waals surface area contributed by atoms with Gasteiger partial charge in [-0.1, -0.05) is 20.3 Å². The summed E-state index contributed by atoms with van der Waals surface area (Å²) in [4.78, 5) is 0. The lowest BCUT2D eigenvalue weighted by molar-refractivity contribution is 0.380. The lowest BCUT2D eigenvalue weighted by atomic mass is 10.3. The third kappa shape index (κ3) is 6.62. The van der Waals surface area contributed by atoms with Crippen molar-refractivity contribution in [3.05, 3.63) is 0 Å². The van der Waals surface area contributed by atoms with Crippen LogP contribution in [0, 0.1) is 0 Å². The van der Waals surface area contributed by atoms with Crippen LogP contribution in [-0.4, -0.2) is 18.8 Å². The zero-order valence-corrected chi connectivity index (χ0v) is 8.98. The van der Waals surface area contributed by atoms with Crippen molar-refractivity contribution in [2.45, 2.75) is 59.2 Å². The number of hydrogen-bond donors (Lipinski definition) is 2. The molecule has 74 valence electrons. The summed E-state index contributed by atoms with van der Waals surface area (Å²) in [5, 5.41) is 6.97. The molecule has 0 aromatic rings. The molecule has 0 saturated heterocycles. The zero-order valence-electron chi connectivity index (χ0n) is 8.98. The molecule has 0 aromatic carbocycles. The molecular weight excluding hydrogens is 148 g/mol. The minimum Gasteiger partial charge on any atom is -0.302 e. The van der Waals surface area contributed by atoms with Crippen LogP contribution in [0.3, 0.4) is 0 Å². The smallest absolute Gasteiger partial charge is 0.0570 e. The fourth-order valence-electron chi connectivity index (χ4n) is 1.18. The Morgan fingerprint density at radius 2 is 1.83 bits per heavy atom. The standard InChI is InChI=1S/C10H24N2/c1-5-7-8-11-10(6-2)12-9(3)4/h9-12H,5-8H2,1-4H3. The molecule has 2 N–H and O–H groups in total. The molecule has 2 nitrogen and oxygen atoms in total. The van der Waals surface area contributed by atoms with E-state index in [0.29, 0.717) is 12.2 Å². The molecule has 12 heavy (non-hydrogen) atoms. The molecule has 0 spiro atoms. The van der Waals surface area contributed by atoms with Crippen LogP contribution in [0.2, 0.25) is 0 Å². The largest absolute Gasteiger partial charge is 0.302 e. The molecule has 0 rings (SSSR count). The quantitative estimate of drug-likeness (QED) is 0.454. The summed E-state index contributed by atoms with van der Waals surface area (Å²) < 4.78 is 0. The van der Waals surface area contributed by atoms with Crippen LogP contribution in [0.15, 0.2) is 0 Å². The monoisotopic (exact) mass is 172 g/mol. The van der Waals surface area contributed by atoms with Crippen molar-refractivity contribution in [1.29, 1.82) is 0 Å². The first-order valence-corrected chi connectivity index (χ1v) is 5.20. The fourth-order valence-corrected chi connectivity index (χ4v) is 1.18. The molecule has 0 aromatic heterocycles. The predicted octanol–water partition coefficient (Wildman–Crippen LogP) is 2.11. The Balaban J connectivity index is 3.39. The normalized spacial score (nSPS) is 13.8. The van der Waals surface area contributed by atoms with Crippen LogP contribution in [-0.2, 0) is 0 Å². The number of rotatable bonds is 7. The third-order valence-corrected chi connectivity index (χ3v) is 1.86. The Morgan fingerprint density at radius 3 is 2.25 bits per heavy atom. The van der Waals surface area contributed by atoms with Gasteiger partial charge in [0, 0.05) is 6.04 Å². The highest BCUT2D eigenvalue weighted by atomic mass is 15.1. The van der Waals surface area contributed by atoms with Crippen molar-refractivity contribution >= 4 is 0 Å². The SMILES string of the molecule is CCCCNC(CC)NC(C)C. The molecule has 0 bridgehead atoms. The van der Waals surface area contributed by atoms with Gasteiger partial charge in [0.1, 0.15) is 0 Å². The second-order valence-electron chi connectivity index (χ2n) is 3.59. The Morgan fingerprint density at radius 1 is 1.17 bits per heavy atom. The molecule has 0 aliphatic rings. The summed E-state index contributed by atoms with van der Waals surface area (Å²) in [6, 6.07) is 0.573. The Bertz CT molecular complexity index is 91.8. The van der Waals surface area contributed by atoms with E-state index >= 15 is 0 Å². The summed E-state index contributed by atoms with van der Waals surface area (Å²) >= 11 is 0. The summed E-state index contributed by atoms with van der Waals surface area (Å²) in [5.41, 5.74) is 0. The zero-order chi connectivity index (χ0) is 9.40. The van der Waals surface area contributed by atoms with Gasteiger partial charge < -0.3 is 5.32 Å². The van der Waals surface area contributed by atoms with Crippen molar-refractivity contribution in [1.82, 2.24) is 10.6 Å². The van der Waals surface area contributed by atoms with E-state index < -0.39 is 0 Å². The average Bonchev–Trinajstić information content (AvgIpc) is 2.02. The van der Waals surface area contributed by atoms with Crippen LogP contribution in [0.4, 0.5) is 0 Å². The summed E-state index contributed by atoms with van der Waals surface area (Å²) in [6.45, 7) is 9.93. The highest BCUT2D eigenvalue weighted by Gasteiger charge is 2.04. The van der Waals surface area contributed by atoms with Crippen molar-refractivity contribution in [3.8, 4) is 0 Å². The van der Waals surface area contributed by atoms with E-state index in [1.165, 1.54) is 12.8 Å². The van der Waals surface area contributed by atoms with Crippen LogP contribution in [0.5, 0.6) is 0 Å². The first-order chi connectivity index (χ1) is 5.70. The Labute approximate surface area is 77.1 Å². The Kier molecular flexibility index (Phi) is 7.51. The van der Waals surface area contributed by atoms with Crippen LogP contribution >= 0.6 is 0 Å². The third-order valence-electron chi connectivity index (χ3n) is 1.86. The van der Waals surface area contributed by atoms with E-state index in [0.717, 1.165) is 13.0 Å². The van der Waals surface area contributed by atoms with Crippen molar-refractivity contribution in [2.24, 2.45) is 0 Å². The van der Waals surface area contributed by atoms with Crippen LogP contribution < -0.4 is 10.6 Å². The second kappa shape index (κ2) is 7.56. The van der Waals surface area contributed by atoms with Crippen LogP contribution in [0.25, 0.3) is 0 Å². The molecule has 0 fully saturated rings. The van der Waals surface area contributed by atoms with E-state index in [9.17, 15) is 0 Å². The molecule has 0 aliphatic heterocycles. The van der Waals surface area contributed by atoms with Gasteiger partial charge in [-0.25, -0.2) is 0 Å². The lowest BCUT2D eigenvalue weighted by Gasteiger charge is -2.20. The molecule has 1 atom stereocenters. The fraction of sp³-hybridized carbons (Fsp3) is 1.00. The summed E-state index contributed by atoms with van der Waals surface area (Å²) in [6.07, 6.45) is 4.19. The summed E-state index contributed by atoms with van der Waals surface area (Å²) in [7, 11) is 0. The van der Waals surface area contributed by atoms with Crippen molar-refractivity contribution in [2.75, 3.05) is 6.54 Å². The van der Waals surface area contributed by atoms with Crippen molar-refractivity contribution in [3.63, 3.8) is 0 Å². The first-order valence-electron chi connectivity index (χ1n) is 5.20. The number of unbranched alkanes of at least 4 members (excludes halogenated alkanes) is 1. The van der Waals surface area contributed by atoms with Gasteiger partial charge in [0.25, 0.3) is 0 Å². The minimum absolute atomic E-state index is 0.497. The number of hydrogen-bond acceptors (Lipinski definition) is 2. The lowest BCUT2D eigenvalue weighted by Crippen LogP contribution is -2.45. The van der Waals surface area contributed by atoms with Gasteiger partial charge in [-0.3, -0.25) is 5.32 Å². The van der Waals surface area contributed by atoms with Crippen LogP contribution in [0.1, 0.15) is 47.0 Å². The second-order valence-corrected chi connectivity index (χ2v) is 3.59. The average molecular weight is 172 g/mol. The molecule has 0 aliphatic carbocycles. The molecule has 0 heterocycles. The summed E-state index contributed by atoms with van der Waals surface area (Å²) in [5.74, 6) is 0. The maximum atomic E-state index is 3.49. The van der Waals surface area contributed by atoms with Gasteiger partial charge in [-0.15, -0.1) is 0 Å². The van der Waals surface area contributed by atoms with E-state index in [-0.39, 0.29) is 0 Å².